The molecule has 24 heavy (non-hydrogen) atoms. The summed E-state index contributed by atoms with van der Waals surface area (Å²) in [6.07, 6.45) is 1.97. The average Bonchev–Trinajstić information content (AvgIpc) is 2.60. The average molecular weight is 327 g/mol. The number of nitrogens with zero attached hydrogens (tertiary/aromatic N) is 2. The Hall–Kier alpha value is -2.14. The molecule has 5 nitrogen and oxygen atoms in total. The number of methoxy groups -OCH3 is 1. The lowest BCUT2D eigenvalue weighted by Crippen LogP contribution is -2.40. The molecule has 2 aromatic rings. The fraction of sp³-hybridized carbons (Fsp3) is 0.474. The van der Waals surface area contributed by atoms with Crippen LogP contribution in [0, 0.1) is 13.8 Å². The van der Waals surface area contributed by atoms with Crippen LogP contribution in [-0.4, -0.2) is 36.8 Å². The molecule has 0 atom stereocenters. The summed E-state index contributed by atoms with van der Waals surface area (Å²) in [6.45, 7) is 6.34. The molecular formula is C19H25N3O2. The van der Waals surface area contributed by atoms with Crippen LogP contribution >= 0.6 is 0 Å². The first-order valence-electron chi connectivity index (χ1n) is 8.40. The zero-order chi connectivity index (χ0) is 17.0. The molecule has 3 rings (SSSR count). The van der Waals surface area contributed by atoms with Crippen molar-refractivity contribution in [2.45, 2.75) is 32.1 Å². The van der Waals surface area contributed by atoms with E-state index in [4.69, 9.17) is 9.47 Å². The molecule has 1 aliphatic heterocycles. The van der Waals surface area contributed by atoms with Gasteiger partial charge in [-0.1, -0.05) is 12.1 Å². The van der Waals surface area contributed by atoms with Crippen molar-refractivity contribution < 1.29 is 9.47 Å². The summed E-state index contributed by atoms with van der Waals surface area (Å²) in [4.78, 5) is 8.99. The van der Waals surface area contributed by atoms with Gasteiger partial charge in [-0.2, -0.15) is 0 Å². The molecule has 0 saturated carbocycles. The van der Waals surface area contributed by atoms with E-state index >= 15 is 0 Å². The van der Waals surface area contributed by atoms with Gasteiger partial charge in [0.2, 0.25) is 5.95 Å². The van der Waals surface area contributed by atoms with E-state index in [0.29, 0.717) is 5.95 Å². The fourth-order valence-electron chi connectivity index (χ4n) is 3.33. The Labute approximate surface area is 143 Å². The lowest BCUT2D eigenvalue weighted by molar-refractivity contribution is 0.0543. The van der Waals surface area contributed by atoms with E-state index in [-0.39, 0.29) is 5.41 Å². The molecule has 1 aromatic carbocycles. The lowest BCUT2D eigenvalue weighted by atomic mass is 9.74. The standard InChI is InChI=1S/C19H25N3O2/c1-14-12-15(2)22-18(21-14)20-13-19(8-10-24-11-9-19)16-4-6-17(23-3)7-5-16/h4-7,12H,8-11,13H2,1-3H3,(H,20,21,22). The predicted octanol–water partition coefficient (Wildman–Crippen LogP) is 3.26. The molecule has 0 amide bonds. The first-order valence-corrected chi connectivity index (χ1v) is 8.40. The monoisotopic (exact) mass is 327 g/mol. The first kappa shape index (κ1) is 16.7. The van der Waals surface area contributed by atoms with Crippen LogP contribution in [-0.2, 0) is 10.2 Å². The van der Waals surface area contributed by atoms with E-state index in [2.05, 4.69) is 27.4 Å². The highest BCUT2D eigenvalue weighted by atomic mass is 16.5. The number of rotatable bonds is 5. The third-order valence-corrected chi connectivity index (χ3v) is 4.72. The van der Waals surface area contributed by atoms with Gasteiger partial charge in [-0.3, -0.25) is 0 Å². The van der Waals surface area contributed by atoms with Gasteiger partial charge in [-0.05, 0) is 50.5 Å². The van der Waals surface area contributed by atoms with Crippen LogP contribution in [0.1, 0.15) is 29.8 Å². The second-order valence-electron chi connectivity index (χ2n) is 6.45. The Kier molecular flexibility index (Phi) is 5.00. The van der Waals surface area contributed by atoms with Gasteiger partial charge in [0.25, 0.3) is 0 Å². The number of benzene rings is 1. The molecule has 0 spiro atoms. The van der Waals surface area contributed by atoms with Gasteiger partial charge in [-0.25, -0.2) is 9.97 Å². The topological polar surface area (TPSA) is 56.3 Å². The van der Waals surface area contributed by atoms with Crippen molar-refractivity contribution in [2.75, 3.05) is 32.2 Å². The third-order valence-electron chi connectivity index (χ3n) is 4.72. The van der Waals surface area contributed by atoms with Gasteiger partial charge < -0.3 is 14.8 Å². The van der Waals surface area contributed by atoms with Gasteiger partial charge in [0.05, 0.1) is 7.11 Å². The second-order valence-corrected chi connectivity index (χ2v) is 6.45. The first-order chi connectivity index (χ1) is 11.6. The Balaban J connectivity index is 1.82. The Bertz CT molecular complexity index is 659. The zero-order valence-corrected chi connectivity index (χ0v) is 14.6. The summed E-state index contributed by atoms with van der Waals surface area (Å²) in [5.41, 5.74) is 3.31. The molecule has 0 aliphatic carbocycles. The van der Waals surface area contributed by atoms with Gasteiger partial charge >= 0.3 is 0 Å². The molecule has 1 saturated heterocycles. The minimum absolute atomic E-state index is 0.0333. The van der Waals surface area contributed by atoms with Crippen molar-refractivity contribution in [3.63, 3.8) is 0 Å². The quantitative estimate of drug-likeness (QED) is 0.913. The number of ether oxygens (including phenoxy) is 2. The Morgan fingerprint density at radius 2 is 1.71 bits per heavy atom. The van der Waals surface area contributed by atoms with Crippen molar-refractivity contribution >= 4 is 5.95 Å². The number of aryl methyl sites for hydroxylation is 2. The Morgan fingerprint density at radius 3 is 2.29 bits per heavy atom. The molecule has 1 fully saturated rings. The summed E-state index contributed by atoms with van der Waals surface area (Å²) in [6, 6.07) is 10.4. The smallest absolute Gasteiger partial charge is 0.223 e. The van der Waals surface area contributed by atoms with Crippen LogP contribution in [0.2, 0.25) is 0 Å². The molecule has 128 valence electrons. The SMILES string of the molecule is COc1ccc(C2(CNc3nc(C)cc(C)n3)CCOCC2)cc1. The van der Waals surface area contributed by atoms with Gasteiger partial charge in [-0.15, -0.1) is 0 Å². The number of aromatic nitrogens is 2. The van der Waals surface area contributed by atoms with E-state index in [0.717, 1.165) is 49.7 Å². The fourth-order valence-corrected chi connectivity index (χ4v) is 3.33. The number of hydrogen-bond acceptors (Lipinski definition) is 5. The van der Waals surface area contributed by atoms with E-state index in [1.807, 2.05) is 32.0 Å². The van der Waals surface area contributed by atoms with Crippen LogP contribution in [0.4, 0.5) is 5.95 Å². The normalized spacial score (nSPS) is 16.6. The minimum Gasteiger partial charge on any atom is -0.497 e. The summed E-state index contributed by atoms with van der Waals surface area (Å²) in [5, 5.41) is 3.45. The zero-order valence-electron chi connectivity index (χ0n) is 14.6. The highest BCUT2D eigenvalue weighted by Gasteiger charge is 2.34. The highest BCUT2D eigenvalue weighted by molar-refractivity contribution is 5.36. The lowest BCUT2D eigenvalue weighted by Gasteiger charge is -2.38. The van der Waals surface area contributed by atoms with Gasteiger partial charge in [0.15, 0.2) is 0 Å². The molecule has 5 heteroatoms. The summed E-state index contributed by atoms with van der Waals surface area (Å²) in [7, 11) is 1.69. The van der Waals surface area contributed by atoms with Crippen LogP contribution in [0.25, 0.3) is 0 Å². The van der Waals surface area contributed by atoms with Gasteiger partial charge in [0.1, 0.15) is 5.75 Å². The predicted molar refractivity (Wildman–Crippen MR) is 94.7 cm³/mol. The van der Waals surface area contributed by atoms with E-state index in [1.54, 1.807) is 7.11 Å². The molecule has 1 N–H and O–H groups in total. The maximum Gasteiger partial charge on any atom is 0.223 e. The van der Waals surface area contributed by atoms with Crippen molar-refractivity contribution in [1.82, 2.24) is 9.97 Å². The van der Waals surface area contributed by atoms with E-state index in [9.17, 15) is 0 Å². The second kappa shape index (κ2) is 7.18. The summed E-state index contributed by atoms with van der Waals surface area (Å²) < 4.78 is 10.9. The largest absolute Gasteiger partial charge is 0.497 e. The van der Waals surface area contributed by atoms with Crippen molar-refractivity contribution in [2.24, 2.45) is 0 Å². The molecule has 0 unspecified atom stereocenters. The van der Waals surface area contributed by atoms with E-state index in [1.165, 1.54) is 5.56 Å². The van der Waals surface area contributed by atoms with Crippen LogP contribution in [0.3, 0.4) is 0 Å². The molecule has 0 radical (unpaired) electrons. The van der Waals surface area contributed by atoms with E-state index < -0.39 is 0 Å². The number of hydrogen-bond donors (Lipinski definition) is 1. The molecule has 1 aromatic heterocycles. The molecule has 1 aliphatic rings. The minimum atomic E-state index is 0.0333. The van der Waals surface area contributed by atoms with Crippen molar-refractivity contribution in [1.29, 1.82) is 0 Å². The maximum atomic E-state index is 5.60. The van der Waals surface area contributed by atoms with Crippen LogP contribution in [0.15, 0.2) is 30.3 Å². The van der Waals surface area contributed by atoms with Crippen LogP contribution < -0.4 is 10.1 Å². The third kappa shape index (κ3) is 3.67. The maximum absolute atomic E-state index is 5.60. The molecule has 2 heterocycles. The van der Waals surface area contributed by atoms with Crippen LogP contribution in [0.5, 0.6) is 5.75 Å². The number of anilines is 1. The van der Waals surface area contributed by atoms with Crippen molar-refractivity contribution in [3.8, 4) is 5.75 Å². The number of nitrogens with one attached hydrogen (secondary N) is 1. The summed E-state index contributed by atoms with van der Waals surface area (Å²) >= 11 is 0. The highest BCUT2D eigenvalue weighted by Crippen LogP contribution is 2.35. The molecule has 0 bridgehead atoms. The molecular weight excluding hydrogens is 302 g/mol. The summed E-state index contributed by atoms with van der Waals surface area (Å²) in [5.74, 6) is 1.58. The van der Waals surface area contributed by atoms with Gasteiger partial charge in [0, 0.05) is 36.6 Å². The van der Waals surface area contributed by atoms with Crippen molar-refractivity contribution in [3.05, 3.63) is 47.3 Å². The Morgan fingerprint density at radius 1 is 1.08 bits per heavy atom.